The number of aromatic nitrogens is 1. The Balaban J connectivity index is 1.25. The van der Waals surface area contributed by atoms with Crippen LogP contribution in [0.4, 0.5) is 5.69 Å². The standard InChI is InChI=1S/C25H29N3O5/c29-14-22-24-20(11-18(32-22)12-23(30)27-13-17-6-1-2-9-26-17)19-10-16(7-8-21(19)33-24)28-25(31)15-4-3-5-15/h1-2,6-10,15,18,20,22,24,29H,3-5,11-14H2,(H,27,30)(H,28,31)/t18-,20-,22+,24+/m1/s1. The molecular weight excluding hydrogens is 422 g/mol. The average molecular weight is 452 g/mol. The molecule has 2 amide bonds. The number of nitrogens with zero attached hydrogens (tertiary/aromatic N) is 1. The number of aliphatic hydroxyl groups excluding tert-OH is 1. The van der Waals surface area contributed by atoms with Crippen molar-refractivity contribution in [2.24, 2.45) is 5.92 Å². The monoisotopic (exact) mass is 451 g/mol. The second-order valence-corrected chi connectivity index (χ2v) is 9.08. The molecule has 1 aromatic carbocycles. The van der Waals surface area contributed by atoms with Gasteiger partial charge < -0.3 is 25.2 Å². The van der Waals surface area contributed by atoms with E-state index >= 15 is 0 Å². The molecule has 0 bridgehead atoms. The molecule has 1 saturated heterocycles. The van der Waals surface area contributed by atoms with Gasteiger partial charge in [-0.25, -0.2) is 0 Å². The number of nitrogens with one attached hydrogen (secondary N) is 2. The number of amides is 2. The normalized spacial score (nSPS) is 25.8. The first kappa shape index (κ1) is 21.9. The fraction of sp³-hybridized carbons (Fsp3) is 0.480. The molecule has 174 valence electrons. The number of hydrogen-bond donors (Lipinski definition) is 3. The zero-order valence-corrected chi connectivity index (χ0v) is 18.4. The predicted octanol–water partition coefficient (Wildman–Crippen LogP) is 2.52. The van der Waals surface area contributed by atoms with Crippen LogP contribution in [-0.2, 0) is 20.9 Å². The number of fused-ring (bicyclic) bond motifs is 3. The molecule has 4 atom stereocenters. The summed E-state index contributed by atoms with van der Waals surface area (Å²) in [6, 6.07) is 11.3. The number of carbonyl (C=O) groups excluding carboxylic acids is 2. The molecule has 3 aliphatic rings. The van der Waals surface area contributed by atoms with Crippen LogP contribution in [-0.4, -0.2) is 46.8 Å². The minimum absolute atomic E-state index is 0.0138. The predicted molar refractivity (Wildman–Crippen MR) is 121 cm³/mol. The molecule has 0 unspecified atom stereocenters. The van der Waals surface area contributed by atoms with Gasteiger partial charge in [-0.2, -0.15) is 0 Å². The highest BCUT2D eigenvalue weighted by Crippen LogP contribution is 2.47. The van der Waals surface area contributed by atoms with Crippen LogP contribution in [0.2, 0.25) is 0 Å². The van der Waals surface area contributed by atoms with E-state index in [1.165, 1.54) is 0 Å². The van der Waals surface area contributed by atoms with Gasteiger partial charge in [0, 0.05) is 29.3 Å². The molecule has 3 heterocycles. The van der Waals surface area contributed by atoms with Gasteiger partial charge in [-0.3, -0.25) is 14.6 Å². The van der Waals surface area contributed by atoms with E-state index in [0.717, 1.165) is 42.0 Å². The lowest BCUT2D eigenvalue weighted by molar-refractivity contribution is -0.142. The summed E-state index contributed by atoms with van der Waals surface area (Å²) >= 11 is 0. The minimum atomic E-state index is -0.516. The van der Waals surface area contributed by atoms with E-state index < -0.39 is 6.10 Å². The van der Waals surface area contributed by atoms with Crippen molar-refractivity contribution in [1.29, 1.82) is 0 Å². The van der Waals surface area contributed by atoms with Gasteiger partial charge in [0.25, 0.3) is 0 Å². The van der Waals surface area contributed by atoms with Crippen molar-refractivity contribution in [3.8, 4) is 5.75 Å². The largest absolute Gasteiger partial charge is 0.487 e. The summed E-state index contributed by atoms with van der Waals surface area (Å²) in [6.45, 7) is 0.171. The van der Waals surface area contributed by atoms with E-state index in [2.05, 4.69) is 15.6 Å². The van der Waals surface area contributed by atoms with Crippen LogP contribution in [0, 0.1) is 5.92 Å². The third kappa shape index (κ3) is 4.72. The number of pyridine rings is 1. The van der Waals surface area contributed by atoms with E-state index in [1.807, 2.05) is 36.4 Å². The van der Waals surface area contributed by atoms with E-state index in [9.17, 15) is 14.7 Å². The number of benzene rings is 1. The molecule has 8 nitrogen and oxygen atoms in total. The zero-order chi connectivity index (χ0) is 22.8. The molecule has 2 aliphatic heterocycles. The van der Waals surface area contributed by atoms with Gasteiger partial charge in [0.2, 0.25) is 11.8 Å². The van der Waals surface area contributed by atoms with E-state index in [4.69, 9.17) is 9.47 Å². The highest BCUT2D eigenvalue weighted by molar-refractivity contribution is 5.93. The molecule has 8 heteroatoms. The summed E-state index contributed by atoms with van der Waals surface area (Å²) in [4.78, 5) is 29.1. The maximum absolute atomic E-state index is 12.5. The second kappa shape index (κ2) is 9.49. The lowest BCUT2D eigenvalue weighted by Crippen LogP contribution is -2.47. The van der Waals surface area contributed by atoms with Gasteiger partial charge >= 0.3 is 0 Å². The van der Waals surface area contributed by atoms with Gasteiger partial charge in [0.05, 0.1) is 31.4 Å². The Morgan fingerprint density at radius 3 is 2.79 bits per heavy atom. The molecule has 0 radical (unpaired) electrons. The Hall–Kier alpha value is -2.97. The fourth-order valence-corrected chi connectivity index (χ4v) is 4.85. The second-order valence-electron chi connectivity index (χ2n) is 9.08. The highest BCUT2D eigenvalue weighted by Gasteiger charge is 2.46. The topological polar surface area (TPSA) is 110 Å². The van der Waals surface area contributed by atoms with Crippen LogP contribution in [0.25, 0.3) is 0 Å². The first-order chi connectivity index (χ1) is 16.1. The highest BCUT2D eigenvalue weighted by atomic mass is 16.6. The quantitative estimate of drug-likeness (QED) is 0.597. The smallest absolute Gasteiger partial charge is 0.227 e. The van der Waals surface area contributed by atoms with Gasteiger partial charge in [0.15, 0.2) is 0 Å². The molecule has 33 heavy (non-hydrogen) atoms. The van der Waals surface area contributed by atoms with Crippen LogP contribution >= 0.6 is 0 Å². The Bertz CT molecular complexity index is 1010. The summed E-state index contributed by atoms with van der Waals surface area (Å²) in [6.07, 6.45) is 4.33. The SMILES string of the molecule is O=C(C[C@H]1C[C@@H]2c3cc(NC(=O)C4CCC4)ccc3O[C@@H]2[C@H](CO)O1)NCc1ccccn1. The first-order valence-electron chi connectivity index (χ1n) is 11.6. The van der Waals surface area contributed by atoms with Crippen LogP contribution in [0.1, 0.15) is 49.3 Å². The third-order valence-corrected chi connectivity index (χ3v) is 6.85. The van der Waals surface area contributed by atoms with Crippen molar-refractivity contribution >= 4 is 17.5 Å². The minimum Gasteiger partial charge on any atom is -0.487 e. The van der Waals surface area contributed by atoms with Crippen molar-refractivity contribution in [1.82, 2.24) is 10.3 Å². The lowest BCUT2D eigenvalue weighted by Gasteiger charge is -2.37. The van der Waals surface area contributed by atoms with E-state index in [0.29, 0.717) is 13.0 Å². The molecular formula is C25H29N3O5. The molecule has 3 N–H and O–H groups in total. The molecule has 5 rings (SSSR count). The Morgan fingerprint density at radius 2 is 2.06 bits per heavy atom. The maximum atomic E-state index is 12.5. The van der Waals surface area contributed by atoms with Crippen LogP contribution in [0.5, 0.6) is 5.75 Å². The van der Waals surface area contributed by atoms with Crippen molar-refractivity contribution in [3.05, 3.63) is 53.9 Å². The Kier molecular flexibility index (Phi) is 6.28. The first-order valence-corrected chi connectivity index (χ1v) is 11.6. The van der Waals surface area contributed by atoms with Crippen molar-refractivity contribution < 1.29 is 24.2 Å². The number of carbonyl (C=O) groups is 2. The molecule has 1 aliphatic carbocycles. The molecule has 2 fully saturated rings. The maximum Gasteiger partial charge on any atom is 0.227 e. The third-order valence-electron chi connectivity index (χ3n) is 6.85. The number of hydrogen-bond acceptors (Lipinski definition) is 6. The van der Waals surface area contributed by atoms with Gasteiger partial charge in [-0.1, -0.05) is 12.5 Å². The summed E-state index contributed by atoms with van der Waals surface area (Å²) < 4.78 is 12.1. The van der Waals surface area contributed by atoms with E-state index in [1.54, 1.807) is 6.20 Å². The van der Waals surface area contributed by atoms with Crippen molar-refractivity contribution in [2.75, 3.05) is 11.9 Å². The summed E-state index contributed by atoms with van der Waals surface area (Å²) in [5.41, 5.74) is 2.54. The number of anilines is 1. The molecule has 1 aromatic heterocycles. The summed E-state index contributed by atoms with van der Waals surface area (Å²) in [7, 11) is 0. The zero-order valence-electron chi connectivity index (χ0n) is 18.4. The summed E-state index contributed by atoms with van der Waals surface area (Å²) in [5.74, 6) is 0.785. The van der Waals surface area contributed by atoms with Gasteiger partial charge in [-0.05, 0) is 49.6 Å². The molecule has 1 saturated carbocycles. The van der Waals surface area contributed by atoms with Gasteiger partial charge in [-0.15, -0.1) is 0 Å². The molecule has 0 spiro atoms. The van der Waals surface area contributed by atoms with Gasteiger partial charge in [0.1, 0.15) is 18.0 Å². The summed E-state index contributed by atoms with van der Waals surface area (Å²) in [5, 5.41) is 15.8. The lowest BCUT2D eigenvalue weighted by atomic mass is 9.83. The molecule has 2 aromatic rings. The van der Waals surface area contributed by atoms with Crippen LogP contribution < -0.4 is 15.4 Å². The number of aliphatic hydroxyl groups is 1. The average Bonchev–Trinajstić information content (AvgIpc) is 3.14. The van der Waals surface area contributed by atoms with Crippen molar-refractivity contribution in [2.45, 2.75) is 62.9 Å². The van der Waals surface area contributed by atoms with Crippen LogP contribution in [0.3, 0.4) is 0 Å². The number of ether oxygens (including phenoxy) is 2. The van der Waals surface area contributed by atoms with Crippen molar-refractivity contribution in [3.63, 3.8) is 0 Å². The Labute approximate surface area is 192 Å². The number of rotatable bonds is 7. The fourth-order valence-electron chi connectivity index (χ4n) is 4.85. The van der Waals surface area contributed by atoms with Crippen LogP contribution in [0.15, 0.2) is 42.6 Å². The van der Waals surface area contributed by atoms with E-state index in [-0.39, 0.29) is 48.9 Å². The Morgan fingerprint density at radius 1 is 1.18 bits per heavy atom.